The molecular formula is C25H36F5N3O6S. The molecule has 15 heteroatoms. The number of sulfonamides is 1. The van der Waals surface area contributed by atoms with E-state index in [0.717, 1.165) is 12.1 Å². The van der Waals surface area contributed by atoms with Gasteiger partial charge < -0.3 is 24.4 Å². The number of nitrogens with zero attached hydrogens (tertiary/aromatic N) is 3. The Morgan fingerprint density at radius 1 is 1.00 bits per heavy atom. The first-order valence-electron chi connectivity index (χ1n) is 13.2. The highest BCUT2D eigenvalue weighted by molar-refractivity contribution is 7.91. The van der Waals surface area contributed by atoms with Crippen LogP contribution in [0.3, 0.4) is 0 Å². The molecule has 2 heterocycles. The summed E-state index contributed by atoms with van der Waals surface area (Å²) in [6, 6.07) is 4.63. The van der Waals surface area contributed by atoms with Crippen molar-refractivity contribution in [3.8, 4) is 5.75 Å². The third kappa shape index (κ3) is 7.22. The topological polar surface area (TPSA) is 99.6 Å². The lowest BCUT2D eigenvalue weighted by Gasteiger charge is -2.44. The number of likely N-dealkylation sites (tertiary alicyclic amines) is 1. The minimum absolute atomic E-state index is 0.0452. The number of alkyl halides is 5. The minimum Gasteiger partial charge on any atom is -0.426 e. The highest BCUT2D eigenvalue weighted by Gasteiger charge is 2.61. The number of aliphatic hydroxyl groups is 1. The zero-order chi connectivity index (χ0) is 29.6. The third-order valence-electron chi connectivity index (χ3n) is 7.34. The van der Waals surface area contributed by atoms with E-state index in [4.69, 9.17) is 4.74 Å². The van der Waals surface area contributed by atoms with Crippen LogP contribution in [0, 0.1) is 0 Å². The molecule has 1 aromatic rings. The largest absolute Gasteiger partial charge is 0.499 e. The van der Waals surface area contributed by atoms with Gasteiger partial charge in [-0.15, -0.1) is 0 Å². The maximum absolute atomic E-state index is 13.9. The Balaban J connectivity index is 1.67. The van der Waals surface area contributed by atoms with Gasteiger partial charge in [0, 0.05) is 71.1 Å². The second kappa shape index (κ2) is 13.3. The Morgan fingerprint density at radius 3 is 2.12 bits per heavy atom. The van der Waals surface area contributed by atoms with Gasteiger partial charge in [-0.1, -0.05) is 0 Å². The monoisotopic (exact) mass is 601 g/mol. The molecule has 0 atom stereocenters. The molecule has 40 heavy (non-hydrogen) atoms. The number of carbonyl (C=O) groups is 1. The van der Waals surface area contributed by atoms with Crippen LogP contribution in [-0.4, -0.2) is 111 Å². The molecule has 9 nitrogen and oxygen atoms in total. The van der Waals surface area contributed by atoms with Crippen molar-refractivity contribution < 1.29 is 49.7 Å². The number of rotatable bonds is 13. The Hall–Kier alpha value is -2.07. The van der Waals surface area contributed by atoms with E-state index >= 15 is 0 Å². The van der Waals surface area contributed by atoms with Crippen LogP contribution in [0.4, 0.5) is 27.6 Å². The highest BCUT2D eigenvalue weighted by atomic mass is 32.2. The van der Waals surface area contributed by atoms with E-state index in [1.807, 2.05) is 6.92 Å². The number of ketones is 1. The molecule has 0 bridgehead atoms. The van der Waals surface area contributed by atoms with E-state index in [9.17, 15) is 40.3 Å². The van der Waals surface area contributed by atoms with Gasteiger partial charge >= 0.3 is 12.3 Å². The molecule has 0 aliphatic carbocycles. The van der Waals surface area contributed by atoms with Gasteiger partial charge in [-0.3, -0.25) is 4.79 Å². The summed E-state index contributed by atoms with van der Waals surface area (Å²) in [6.45, 7) is 4.78. The van der Waals surface area contributed by atoms with Crippen molar-refractivity contribution in [2.75, 3.05) is 70.5 Å². The number of hydrogen-bond acceptors (Lipinski definition) is 8. The Labute approximate surface area is 230 Å². The second-order valence-electron chi connectivity index (χ2n) is 9.78. The number of halogens is 5. The summed E-state index contributed by atoms with van der Waals surface area (Å²) in [5.74, 6) is -1.07. The number of piperidine rings is 1. The number of carbonyl (C=O) groups excluding carboxylic acids is 1. The smallest absolute Gasteiger partial charge is 0.426 e. The molecule has 0 unspecified atom stereocenters. The second-order valence-corrected chi connectivity index (χ2v) is 12.0. The molecule has 1 N–H and O–H groups in total. The molecule has 3 rings (SSSR count). The minimum atomic E-state index is -5.86. The summed E-state index contributed by atoms with van der Waals surface area (Å²) in [6.07, 6.45) is -10.8. The first-order valence-corrected chi connectivity index (χ1v) is 14.6. The van der Waals surface area contributed by atoms with E-state index in [2.05, 4.69) is 9.64 Å². The average Bonchev–Trinajstić information content (AvgIpc) is 2.92. The predicted octanol–water partition coefficient (Wildman–Crippen LogP) is 2.89. The normalized spacial score (nSPS) is 19.5. The summed E-state index contributed by atoms with van der Waals surface area (Å²) < 4.78 is 100. The van der Waals surface area contributed by atoms with E-state index in [1.54, 1.807) is 4.90 Å². The lowest BCUT2D eigenvalue weighted by atomic mass is 9.89. The van der Waals surface area contributed by atoms with Gasteiger partial charge in [-0.25, -0.2) is 8.42 Å². The molecule has 0 aromatic heterocycles. The molecule has 0 radical (unpaired) electrons. The SMILES string of the molecule is CCOCCN1CCC(C(=O)CCCO)(S(=O)(=O)N2CCN(c3ccc(OC(F)(F)C(F)(F)F)cc3)CC2)CC1. The Kier molecular flexibility index (Phi) is 10.8. The number of piperazine rings is 1. The summed E-state index contributed by atoms with van der Waals surface area (Å²) in [5, 5.41) is 9.22. The van der Waals surface area contributed by atoms with Crippen molar-refractivity contribution in [1.29, 1.82) is 0 Å². The Morgan fingerprint density at radius 2 is 1.60 bits per heavy atom. The van der Waals surface area contributed by atoms with E-state index < -0.39 is 38.6 Å². The van der Waals surface area contributed by atoms with Gasteiger partial charge in [0.25, 0.3) is 0 Å². The van der Waals surface area contributed by atoms with Crippen molar-refractivity contribution in [2.24, 2.45) is 0 Å². The van der Waals surface area contributed by atoms with Crippen molar-refractivity contribution in [1.82, 2.24) is 9.21 Å². The molecule has 1 aromatic carbocycles. The van der Waals surface area contributed by atoms with E-state index in [-0.39, 0.29) is 58.5 Å². The molecule has 0 amide bonds. The van der Waals surface area contributed by atoms with Crippen LogP contribution in [0.1, 0.15) is 32.6 Å². The van der Waals surface area contributed by atoms with Gasteiger partial charge in [-0.05, 0) is 50.5 Å². The van der Waals surface area contributed by atoms with Crippen molar-refractivity contribution in [3.63, 3.8) is 0 Å². The van der Waals surface area contributed by atoms with Crippen molar-refractivity contribution in [3.05, 3.63) is 24.3 Å². The van der Waals surface area contributed by atoms with Crippen LogP contribution in [0.5, 0.6) is 5.75 Å². The third-order valence-corrected chi connectivity index (χ3v) is 10.0. The number of ether oxygens (including phenoxy) is 2. The summed E-state index contributed by atoms with van der Waals surface area (Å²) >= 11 is 0. The average molecular weight is 602 g/mol. The number of benzene rings is 1. The first-order chi connectivity index (χ1) is 18.8. The number of Topliss-reactive ketones (excluding diaryl/α,β-unsaturated/α-hetero) is 1. The lowest BCUT2D eigenvalue weighted by Crippen LogP contribution is -2.61. The van der Waals surface area contributed by atoms with Gasteiger partial charge in [0.2, 0.25) is 10.0 Å². The fourth-order valence-electron chi connectivity index (χ4n) is 4.99. The summed E-state index contributed by atoms with van der Waals surface area (Å²) in [7, 11) is -4.06. The van der Waals surface area contributed by atoms with Crippen LogP contribution >= 0.6 is 0 Å². The zero-order valence-corrected chi connectivity index (χ0v) is 23.2. The van der Waals surface area contributed by atoms with Gasteiger partial charge in [0.1, 0.15) is 10.5 Å². The van der Waals surface area contributed by atoms with Crippen molar-refractivity contribution >= 4 is 21.5 Å². The fraction of sp³-hybridized carbons (Fsp3) is 0.720. The van der Waals surface area contributed by atoms with Crippen LogP contribution in [0.25, 0.3) is 0 Å². The predicted molar refractivity (Wildman–Crippen MR) is 137 cm³/mol. The molecule has 228 valence electrons. The number of aliphatic hydroxyl groups excluding tert-OH is 1. The highest BCUT2D eigenvalue weighted by Crippen LogP contribution is 2.38. The molecule has 2 saturated heterocycles. The van der Waals surface area contributed by atoms with Crippen LogP contribution in [-0.2, 0) is 19.6 Å². The van der Waals surface area contributed by atoms with E-state index in [0.29, 0.717) is 38.5 Å². The quantitative estimate of drug-likeness (QED) is 0.272. The van der Waals surface area contributed by atoms with Gasteiger partial charge in [0.15, 0.2) is 5.78 Å². The van der Waals surface area contributed by atoms with Crippen LogP contribution < -0.4 is 9.64 Å². The molecule has 2 fully saturated rings. The molecular weight excluding hydrogens is 565 g/mol. The molecule has 0 saturated carbocycles. The molecule has 2 aliphatic heterocycles. The standard InChI is InChI=1S/C25H36F5N3O6S/c1-2-38-19-17-31-11-9-23(10-12-31,22(35)4-3-18-34)40(36,37)33-15-13-32(14-16-33)20-5-7-21(8-6-20)39-25(29,30)24(26,27)28/h5-8,34H,2-4,9-19H2,1H3. The molecule has 0 spiro atoms. The molecule has 2 aliphatic rings. The van der Waals surface area contributed by atoms with Gasteiger partial charge in [-0.2, -0.15) is 26.3 Å². The van der Waals surface area contributed by atoms with Gasteiger partial charge in [0.05, 0.1) is 6.61 Å². The first kappa shape index (κ1) is 32.4. The summed E-state index contributed by atoms with van der Waals surface area (Å²) in [4.78, 5) is 17.1. The number of hydrogen-bond donors (Lipinski definition) is 1. The maximum atomic E-state index is 13.9. The maximum Gasteiger partial charge on any atom is 0.499 e. The van der Waals surface area contributed by atoms with Crippen LogP contribution in [0.15, 0.2) is 24.3 Å². The van der Waals surface area contributed by atoms with E-state index in [1.165, 1.54) is 16.4 Å². The fourth-order valence-corrected chi connectivity index (χ4v) is 7.22. The summed E-state index contributed by atoms with van der Waals surface area (Å²) in [5.41, 5.74) is 0.496. The Bertz CT molecular complexity index is 1070. The number of anilines is 1. The van der Waals surface area contributed by atoms with Crippen molar-refractivity contribution in [2.45, 2.75) is 49.6 Å². The lowest BCUT2D eigenvalue weighted by molar-refractivity contribution is -0.360. The zero-order valence-electron chi connectivity index (χ0n) is 22.3. The van der Waals surface area contributed by atoms with Crippen LogP contribution in [0.2, 0.25) is 0 Å².